The fourth-order valence-corrected chi connectivity index (χ4v) is 5.55. The smallest absolute Gasteiger partial charge is 0.408 e. The van der Waals surface area contributed by atoms with Crippen LogP contribution in [0, 0.1) is 11.3 Å². The predicted octanol–water partition coefficient (Wildman–Crippen LogP) is 4.19. The van der Waals surface area contributed by atoms with Crippen LogP contribution < -0.4 is 15.4 Å². The van der Waals surface area contributed by atoms with Gasteiger partial charge in [-0.3, -0.25) is 9.59 Å². The number of carbonyl (C=O) groups excluding carboxylic acids is 4. The first-order valence-corrected chi connectivity index (χ1v) is 15.4. The molecule has 2 N–H and O–H groups in total. The molecule has 12 nitrogen and oxygen atoms in total. The zero-order chi connectivity index (χ0) is 33.3. The number of alkyl carbamates (subject to hydrolysis) is 1. The number of para-hydroxylation sites is 2. The maximum atomic E-state index is 14.2. The van der Waals surface area contributed by atoms with Crippen molar-refractivity contribution in [2.75, 3.05) is 13.2 Å². The normalized spacial score (nSPS) is 23.6. The summed E-state index contributed by atoms with van der Waals surface area (Å²) in [5, 5.41) is 5.58. The van der Waals surface area contributed by atoms with Gasteiger partial charge in [0.15, 0.2) is 5.15 Å². The second-order valence-corrected chi connectivity index (χ2v) is 13.8. The Hall–Kier alpha value is -3.93. The fourth-order valence-electron chi connectivity index (χ4n) is 5.38. The molecule has 0 unspecified atom stereocenters. The fraction of sp³-hybridized carbons (Fsp3) is 0.562. The monoisotopic (exact) mass is 643 g/mol. The lowest BCUT2D eigenvalue weighted by Crippen LogP contribution is -2.59. The number of benzene rings is 1. The molecule has 1 aliphatic heterocycles. The molecule has 1 aliphatic carbocycles. The number of ether oxygens (including phenoxy) is 3. The third kappa shape index (κ3) is 7.66. The summed E-state index contributed by atoms with van der Waals surface area (Å²) in [6.45, 7) is 16.1. The molecular weight excluding hydrogens is 602 g/mol. The highest BCUT2D eigenvalue weighted by molar-refractivity contribution is 6.31. The molecule has 3 amide bonds. The molecule has 0 spiro atoms. The number of hydrogen-bond acceptors (Lipinski definition) is 9. The Morgan fingerprint density at radius 1 is 1.13 bits per heavy atom. The Morgan fingerprint density at radius 2 is 1.78 bits per heavy atom. The van der Waals surface area contributed by atoms with Crippen LogP contribution >= 0.6 is 11.6 Å². The number of likely N-dealkylation sites (tertiary alicyclic amines) is 1. The first kappa shape index (κ1) is 34.0. The van der Waals surface area contributed by atoms with E-state index in [9.17, 15) is 19.2 Å². The minimum absolute atomic E-state index is 0.0262. The zero-order valence-electron chi connectivity index (χ0n) is 26.8. The zero-order valence-corrected chi connectivity index (χ0v) is 27.6. The molecule has 4 rings (SSSR count). The average molecular weight is 644 g/mol. The van der Waals surface area contributed by atoms with Crippen molar-refractivity contribution in [1.29, 1.82) is 0 Å². The van der Waals surface area contributed by atoms with Gasteiger partial charge in [-0.15, -0.1) is 6.58 Å². The highest BCUT2D eigenvalue weighted by Crippen LogP contribution is 2.46. The van der Waals surface area contributed by atoms with Gasteiger partial charge in [0, 0.05) is 12.3 Å². The number of halogens is 1. The molecule has 244 valence electrons. The Balaban J connectivity index is 1.65. The summed E-state index contributed by atoms with van der Waals surface area (Å²) in [5.41, 5.74) is -1.68. The summed E-state index contributed by atoms with van der Waals surface area (Å²) >= 11 is 6.41. The van der Waals surface area contributed by atoms with Crippen molar-refractivity contribution in [3.8, 4) is 5.88 Å². The summed E-state index contributed by atoms with van der Waals surface area (Å²) in [6.07, 6.45) is 0.502. The molecule has 1 aromatic heterocycles. The van der Waals surface area contributed by atoms with E-state index in [0.717, 1.165) is 0 Å². The minimum Gasteiger partial charge on any atom is -0.470 e. The Morgan fingerprint density at radius 3 is 2.33 bits per heavy atom. The van der Waals surface area contributed by atoms with Crippen LogP contribution in [0.3, 0.4) is 0 Å². The van der Waals surface area contributed by atoms with Crippen molar-refractivity contribution in [2.24, 2.45) is 11.3 Å². The lowest BCUT2D eigenvalue weighted by molar-refractivity contribution is -0.150. The van der Waals surface area contributed by atoms with Crippen LogP contribution in [0.5, 0.6) is 5.88 Å². The van der Waals surface area contributed by atoms with E-state index in [4.69, 9.17) is 25.8 Å². The van der Waals surface area contributed by atoms with Gasteiger partial charge in [-0.05, 0) is 51.7 Å². The molecular formula is C32H42ClN5O7. The van der Waals surface area contributed by atoms with Crippen molar-refractivity contribution < 1.29 is 33.4 Å². The van der Waals surface area contributed by atoms with E-state index < -0.39 is 58.6 Å². The number of esters is 1. The molecule has 5 atom stereocenters. The van der Waals surface area contributed by atoms with E-state index in [0.29, 0.717) is 17.5 Å². The van der Waals surface area contributed by atoms with Gasteiger partial charge >= 0.3 is 12.1 Å². The van der Waals surface area contributed by atoms with Crippen LogP contribution in [-0.2, 0) is 23.9 Å². The molecule has 2 aromatic rings. The van der Waals surface area contributed by atoms with E-state index >= 15 is 0 Å². The van der Waals surface area contributed by atoms with E-state index in [1.165, 1.54) is 4.90 Å². The average Bonchev–Trinajstić information content (AvgIpc) is 3.49. The molecule has 0 radical (unpaired) electrons. The summed E-state index contributed by atoms with van der Waals surface area (Å²) in [5.74, 6) is -1.90. The topological polar surface area (TPSA) is 149 Å². The largest absolute Gasteiger partial charge is 0.470 e. The Bertz CT molecular complexity index is 1490. The SMILES string of the molecule is C=C[C@@H]1C[C@]1(NC(=O)[C@@H]1C[C@@H](Oc2nc3ccccc3nc2Cl)CN1C(=O)[C@@H](NC(=O)OC(C)(C)C)C(C)(C)C)C(=O)OCC. The van der Waals surface area contributed by atoms with Crippen molar-refractivity contribution >= 4 is 46.5 Å². The number of aromatic nitrogens is 2. The summed E-state index contributed by atoms with van der Waals surface area (Å²) < 4.78 is 16.8. The molecule has 2 aliphatic rings. The van der Waals surface area contributed by atoms with Gasteiger partial charge in [0.05, 0.1) is 24.2 Å². The second-order valence-electron chi connectivity index (χ2n) is 13.5. The summed E-state index contributed by atoms with van der Waals surface area (Å²) in [6, 6.07) is 5.04. The van der Waals surface area contributed by atoms with Crippen LogP contribution in [0.25, 0.3) is 11.0 Å². The van der Waals surface area contributed by atoms with Crippen LogP contribution in [0.2, 0.25) is 5.15 Å². The van der Waals surface area contributed by atoms with Gasteiger partial charge in [-0.1, -0.05) is 50.6 Å². The van der Waals surface area contributed by atoms with E-state index in [1.54, 1.807) is 66.7 Å². The third-order valence-corrected chi connectivity index (χ3v) is 7.93. The molecule has 2 heterocycles. The van der Waals surface area contributed by atoms with Gasteiger partial charge in [0.25, 0.3) is 5.88 Å². The molecule has 1 aromatic carbocycles. The van der Waals surface area contributed by atoms with E-state index in [-0.39, 0.29) is 36.5 Å². The number of carbonyl (C=O) groups is 4. The van der Waals surface area contributed by atoms with Crippen LogP contribution in [0.15, 0.2) is 36.9 Å². The first-order chi connectivity index (χ1) is 21.0. The van der Waals surface area contributed by atoms with Crippen molar-refractivity contribution in [2.45, 2.75) is 90.6 Å². The number of rotatable bonds is 9. The predicted molar refractivity (Wildman–Crippen MR) is 168 cm³/mol. The lowest BCUT2D eigenvalue weighted by Gasteiger charge is -2.36. The minimum atomic E-state index is -1.27. The van der Waals surface area contributed by atoms with Crippen molar-refractivity contribution in [1.82, 2.24) is 25.5 Å². The number of nitrogens with one attached hydrogen (secondary N) is 2. The number of amides is 3. The van der Waals surface area contributed by atoms with Gasteiger partial charge in [-0.25, -0.2) is 19.6 Å². The molecule has 13 heteroatoms. The van der Waals surface area contributed by atoms with Crippen molar-refractivity contribution in [3.63, 3.8) is 0 Å². The molecule has 2 fully saturated rings. The van der Waals surface area contributed by atoms with Gasteiger partial charge in [-0.2, -0.15) is 0 Å². The third-order valence-electron chi connectivity index (χ3n) is 7.68. The molecule has 0 bridgehead atoms. The number of nitrogens with zero attached hydrogens (tertiary/aromatic N) is 3. The summed E-state index contributed by atoms with van der Waals surface area (Å²) in [4.78, 5) is 64.1. The maximum absolute atomic E-state index is 14.2. The quantitative estimate of drug-likeness (QED) is 0.303. The lowest BCUT2D eigenvalue weighted by atomic mass is 9.85. The Kier molecular flexibility index (Phi) is 9.67. The van der Waals surface area contributed by atoms with Crippen molar-refractivity contribution in [3.05, 3.63) is 42.1 Å². The van der Waals surface area contributed by atoms with Crippen LogP contribution in [0.1, 0.15) is 61.3 Å². The summed E-state index contributed by atoms with van der Waals surface area (Å²) in [7, 11) is 0. The highest BCUT2D eigenvalue weighted by atomic mass is 35.5. The first-order valence-electron chi connectivity index (χ1n) is 15.0. The van der Waals surface area contributed by atoms with Gasteiger partial charge in [0.1, 0.15) is 29.3 Å². The van der Waals surface area contributed by atoms with Gasteiger partial charge in [0.2, 0.25) is 11.8 Å². The maximum Gasteiger partial charge on any atom is 0.408 e. The highest BCUT2D eigenvalue weighted by Gasteiger charge is 2.62. The number of fused-ring (bicyclic) bond motifs is 1. The number of hydrogen-bond donors (Lipinski definition) is 2. The van der Waals surface area contributed by atoms with E-state index in [1.807, 2.05) is 12.1 Å². The molecule has 45 heavy (non-hydrogen) atoms. The standard InChI is InChI=1S/C32H42ClN5O7/c1-9-18-16-32(18,28(41)43-10-2)37-25(39)22-15-19(44-26-24(33)34-20-13-11-12-14-21(20)35-26)17-38(22)27(40)23(30(3,4)5)36-29(42)45-31(6,7)8/h9,11-14,18-19,22-23H,1,10,15-17H2,2-8H3,(H,36,42)(H,37,39)/t18-,19-,22+,23-,32-/m1/s1. The van der Waals surface area contributed by atoms with E-state index in [2.05, 4.69) is 27.2 Å². The molecule has 1 saturated carbocycles. The van der Waals surface area contributed by atoms with Crippen LogP contribution in [0.4, 0.5) is 4.79 Å². The second kappa shape index (κ2) is 12.8. The molecule has 1 saturated heterocycles. The van der Waals surface area contributed by atoms with Crippen LogP contribution in [-0.4, -0.2) is 81.2 Å². The Labute approximate surface area is 268 Å². The van der Waals surface area contributed by atoms with Gasteiger partial charge < -0.3 is 29.7 Å².